The maximum Gasteiger partial charge on any atom is 0.262 e. The average molecular weight is 369 g/mol. The molecule has 0 aliphatic heterocycles. The monoisotopic (exact) mass is 369 g/mol. The Labute approximate surface area is 156 Å². The van der Waals surface area contributed by atoms with Crippen LogP contribution in [0.5, 0.6) is 0 Å². The van der Waals surface area contributed by atoms with Gasteiger partial charge in [0.15, 0.2) is 0 Å². The second-order valence-corrected chi connectivity index (χ2v) is 7.46. The number of nitrogens with zero attached hydrogens (tertiary/aromatic N) is 2. The molecule has 0 aliphatic rings. The van der Waals surface area contributed by atoms with Gasteiger partial charge in [0.1, 0.15) is 11.4 Å². The van der Waals surface area contributed by atoms with Crippen molar-refractivity contribution in [1.29, 1.82) is 0 Å². The Balaban J connectivity index is 1.72. The number of fused-ring (bicyclic) bond motifs is 1. The number of aryl methyl sites for hydroxylation is 2. The first-order valence-corrected chi connectivity index (χ1v) is 9.69. The van der Waals surface area contributed by atoms with Crippen LogP contribution in [0.25, 0.3) is 10.2 Å². The summed E-state index contributed by atoms with van der Waals surface area (Å²) < 4.78 is 1.37. The van der Waals surface area contributed by atoms with Crippen LogP contribution >= 0.6 is 11.3 Å². The van der Waals surface area contributed by atoms with Gasteiger partial charge in [-0.25, -0.2) is 4.98 Å². The molecule has 0 fully saturated rings. The van der Waals surface area contributed by atoms with Crippen LogP contribution in [0.15, 0.2) is 41.5 Å². The Bertz CT molecular complexity index is 973. The summed E-state index contributed by atoms with van der Waals surface area (Å²) in [6.45, 7) is 6.07. The molecule has 1 amide bonds. The summed E-state index contributed by atoms with van der Waals surface area (Å²) in [6, 6.07) is 9.96. The highest BCUT2D eigenvalue weighted by Gasteiger charge is 2.13. The SMILES string of the molecule is CCc1ccc([C@@H](C)NC(=O)Cn2cnc3sc(CC)cc3c2=O)cc1. The Hall–Kier alpha value is -2.47. The minimum Gasteiger partial charge on any atom is -0.348 e. The van der Waals surface area contributed by atoms with Gasteiger partial charge < -0.3 is 5.32 Å². The number of amides is 1. The van der Waals surface area contributed by atoms with E-state index < -0.39 is 0 Å². The molecular weight excluding hydrogens is 346 g/mol. The zero-order valence-electron chi connectivity index (χ0n) is 15.3. The summed E-state index contributed by atoms with van der Waals surface area (Å²) in [5, 5.41) is 3.54. The lowest BCUT2D eigenvalue weighted by molar-refractivity contribution is -0.122. The molecule has 0 radical (unpaired) electrons. The van der Waals surface area contributed by atoms with E-state index in [2.05, 4.69) is 29.4 Å². The quantitative estimate of drug-likeness (QED) is 0.724. The number of hydrogen-bond acceptors (Lipinski definition) is 4. The Kier molecular flexibility index (Phi) is 5.52. The maximum atomic E-state index is 12.6. The van der Waals surface area contributed by atoms with Crippen molar-refractivity contribution >= 4 is 27.5 Å². The van der Waals surface area contributed by atoms with Crippen molar-refractivity contribution in [3.63, 3.8) is 0 Å². The molecule has 3 rings (SSSR count). The van der Waals surface area contributed by atoms with Gasteiger partial charge in [0.2, 0.25) is 5.91 Å². The van der Waals surface area contributed by atoms with Gasteiger partial charge in [0.25, 0.3) is 5.56 Å². The number of carbonyl (C=O) groups excluding carboxylic acids is 1. The van der Waals surface area contributed by atoms with Gasteiger partial charge in [-0.15, -0.1) is 11.3 Å². The van der Waals surface area contributed by atoms with Crippen LogP contribution in [0.3, 0.4) is 0 Å². The molecule has 1 aromatic carbocycles. The van der Waals surface area contributed by atoms with E-state index in [1.54, 1.807) is 0 Å². The number of thiophene rings is 1. The smallest absolute Gasteiger partial charge is 0.262 e. The van der Waals surface area contributed by atoms with Crippen LogP contribution in [-0.4, -0.2) is 15.5 Å². The second-order valence-electron chi connectivity index (χ2n) is 6.35. The molecule has 2 heterocycles. The van der Waals surface area contributed by atoms with Gasteiger partial charge in [-0.3, -0.25) is 14.2 Å². The zero-order valence-corrected chi connectivity index (χ0v) is 16.1. The number of aromatic nitrogens is 2. The predicted molar refractivity (Wildman–Crippen MR) is 106 cm³/mol. The molecule has 0 saturated carbocycles. The van der Waals surface area contributed by atoms with Crippen LogP contribution in [-0.2, 0) is 24.2 Å². The fraction of sp³-hybridized carbons (Fsp3) is 0.350. The van der Waals surface area contributed by atoms with Crippen molar-refractivity contribution in [2.24, 2.45) is 0 Å². The van der Waals surface area contributed by atoms with E-state index in [1.165, 1.54) is 27.8 Å². The van der Waals surface area contributed by atoms with Crippen molar-refractivity contribution in [2.45, 2.75) is 46.2 Å². The minimum absolute atomic E-state index is 0.0313. The fourth-order valence-corrected chi connectivity index (χ4v) is 3.79. The molecule has 6 heteroatoms. The third kappa shape index (κ3) is 3.85. The lowest BCUT2D eigenvalue weighted by Crippen LogP contribution is -2.33. The number of nitrogens with one attached hydrogen (secondary N) is 1. The largest absolute Gasteiger partial charge is 0.348 e. The first kappa shape index (κ1) is 18.3. The molecule has 1 atom stereocenters. The summed E-state index contributed by atoms with van der Waals surface area (Å²) in [7, 11) is 0. The standard InChI is InChI=1S/C20H23N3O2S/c1-4-14-6-8-15(9-7-14)13(3)22-18(24)11-23-12-21-19-17(20(23)25)10-16(5-2)26-19/h6-10,12-13H,4-5,11H2,1-3H3,(H,22,24)/t13-/m1/s1. The number of hydrogen-bond donors (Lipinski definition) is 1. The van der Waals surface area contributed by atoms with E-state index in [1.807, 2.05) is 32.0 Å². The minimum atomic E-state index is -0.203. The van der Waals surface area contributed by atoms with Crippen molar-refractivity contribution in [3.8, 4) is 0 Å². The fourth-order valence-electron chi connectivity index (χ4n) is 2.86. The van der Waals surface area contributed by atoms with Gasteiger partial charge in [-0.1, -0.05) is 38.1 Å². The highest BCUT2D eigenvalue weighted by molar-refractivity contribution is 7.18. The van der Waals surface area contributed by atoms with Crippen LogP contribution < -0.4 is 10.9 Å². The van der Waals surface area contributed by atoms with E-state index in [0.717, 1.165) is 28.1 Å². The Morgan fingerprint density at radius 3 is 2.62 bits per heavy atom. The zero-order chi connectivity index (χ0) is 18.7. The molecule has 26 heavy (non-hydrogen) atoms. The van der Waals surface area contributed by atoms with Crippen LogP contribution in [0, 0.1) is 0 Å². The molecular formula is C20H23N3O2S. The predicted octanol–water partition coefficient (Wildman–Crippen LogP) is 3.46. The molecule has 0 saturated heterocycles. The normalized spacial score (nSPS) is 12.3. The first-order valence-electron chi connectivity index (χ1n) is 8.87. The highest BCUT2D eigenvalue weighted by Crippen LogP contribution is 2.21. The summed E-state index contributed by atoms with van der Waals surface area (Å²) in [5.74, 6) is -0.203. The lowest BCUT2D eigenvalue weighted by atomic mass is 10.1. The van der Waals surface area contributed by atoms with E-state index in [4.69, 9.17) is 0 Å². The molecule has 0 bridgehead atoms. The van der Waals surface area contributed by atoms with Gasteiger partial charge in [0, 0.05) is 4.88 Å². The topological polar surface area (TPSA) is 64.0 Å². The molecule has 0 spiro atoms. The maximum absolute atomic E-state index is 12.6. The van der Waals surface area contributed by atoms with Gasteiger partial charge >= 0.3 is 0 Å². The molecule has 3 aromatic rings. The molecule has 5 nitrogen and oxygen atoms in total. The summed E-state index contributed by atoms with van der Waals surface area (Å²) in [5.41, 5.74) is 2.14. The second kappa shape index (κ2) is 7.83. The van der Waals surface area contributed by atoms with Gasteiger partial charge in [-0.2, -0.15) is 0 Å². The van der Waals surface area contributed by atoms with E-state index >= 15 is 0 Å². The summed E-state index contributed by atoms with van der Waals surface area (Å²) in [4.78, 5) is 31.1. The summed E-state index contributed by atoms with van der Waals surface area (Å²) in [6.07, 6.45) is 3.32. The van der Waals surface area contributed by atoms with Crippen LogP contribution in [0.1, 0.15) is 42.8 Å². The number of carbonyl (C=O) groups is 1. The summed E-state index contributed by atoms with van der Waals surface area (Å²) >= 11 is 1.52. The van der Waals surface area contributed by atoms with E-state index in [-0.39, 0.29) is 24.1 Å². The Morgan fingerprint density at radius 1 is 1.23 bits per heavy atom. The van der Waals surface area contributed by atoms with Crippen molar-refractivity contribution < 1.29 is 4.79 Å². The third-order valence-corrected chi connectivity index (χ3v) is 5.68. The highest BCUT2D eigenvalue weighted by atomic mass is 32.1. The number of rotatable bonds is 6. The molecule has 136 valence electrons. The molecule has 2 aromatic heterocycles. The number of benzene rings is 1. The van der Waals surface area contributed by atoms with Crippen molar-refractivity contribution in [2.75, 3.05) is 0 Å². The molecule has 0 aliphatic carbocycles. The lowest BCUT2D eigenvalue weighted by Gasteiger charge is -2.15. The van der Waals surface area contributed by atoms with Crippen LogP contribution in [0.2, 0.25) is 0 Å². The average Bonchev–Trinajstić information content (AvgIpc) is 3.08. The first-order chi connectivity index (χ1) is 12.5. The van der Waals surface area contributed by atoms with E-state index in [9.17, 15) is 9.59 Å². The van der Waals surface area contributed by atoms with Gasteiger partial charge in [-0.05, 0) is 37.0 Å². The third-order valence-electron chi connectivity index (χ3n) is 4.50. The van der Waals surface area contributed by atoms with Gasteiger partial charge in [0.05, 0.1) is 17.8 Å². The van der Waals surface area contributed by atoms with Crippen LogP contribution in [0.4, 0.5) is 0 Å². The van der Waals surface area contributed by atoms with Crippen molar-refractivity contribution in [1.82, 2.24) is 14.9 Å². The van der Waals surface area contributed by atoms with E-state index in [0.29, 0.717) is 5.39 Å². The Morgan fingerprint density at radius 2 is 1.96 bits per heavy atom. The van der Waals surface area contributed by atoms with Crippen molar-refractivity contribution in [3.05, 3.63) is 63.0 Å². The molecule has 1 N–H and O–H groups in total. The molecule has 0 unspecified atom stereocenters.